The van der Waals surface area contributed by atoms with Crippen molar-refractivity contribution in [2.45, 2.75) is 17.8 Å². The Labute approximate surface area is 252 Å². The molecule has 10 nitrogen and oxygen atoms in total. The zero-order valence-electron chi connectivity index (χ0n) is 23.5. The summed E-state index contributed by atoms with van der Waals surface area (Å²) in [4.78, 5) is 54.0. The van der Waals surface area contributed by atoms with Gasteiger partial charge in [0, 0.05) is 18.2 Å². The number of methoxy groups -OCH3 is 1. The maximum absolute atomic E-state index is 14.5. The lowest BCUT2D eigenvalue weighted by molar-refractivity contribution is -0.384. The Hall–Kier alpha value is -5.64. The molecule has 8 rings (SSSR count). The van der Waals surface area contributed by atoms with Gasteiger partial charge in [-0.05, 0) is 46.0 Å². The van der Waals surface area contributed by atoms with Crippen LogP contribution in [0.4, 0.5) is 11.4 Å². The Morgan fingerprint density at radius 2 is 1.55 bits per heavy atom. The molecular weight excluding hydrogens is 560 g/mol. The maximum atomic E-state index is 14.5. The quantitative estimate of drug-likeness (QED) is 0.147. The number of imide groups is 1. The maximum Gasteiger partial charge on any atom is 0.293 e. The van der Waals surface area contributed by atoms with Crippen molar-refractivity contribution in [1.82, 2.24) is 5.43 Å². The van der Waals surface area contributed by atoms with E-state index in [9.17, 15) is 24.5 Å². The molecule has 0 unspecified atom stereocenters. The molecule has 4 aromatic rings. The minimum Gasteiger partial charge on any atom is -0.497 e. The van der Waals surface area contributed by atoms with Crippen molar-refractivity contribution in [3.05, 3.63) is 135 Å². The third kappa shape index (κ3) is 3.87. The van der Waals surface area contributed by atoms with Gasteiger partial charge in [0.2, 0.25) is 17.7 Å². The zero-order valence-corrected chi connectivity index (χ0v) is 23.5. The van der Waals surface area contributed by atoms with Crippen molar-refractivity contribution in [3.8, 4) is 5.75 Å². The fourth-order valence-electron chi connectivity index (χ4n) is 7.27. The topological polar surface area (TPSA) is 131 Å². The van der Waals surface area contributed by atoms with E-state index in [4.69, 9.17) is 4.74 Å². The van der Waals surface area contributed by atoms with Crippen LogP contribution in [-0.4, -0.2) is 36.0 Å². The van der Waals surface area contributed by atoms with Crippen LogP contribution in [0.15, 0.2) is 102 Å². The van der Waals surface area contributed by atoms with Crippen LogP contribution in [0, 0.1) is 22.0 Å². The molecular formula is C34H26N4O6. The summed E-state index contributed by atoms with van der Waals surface area (Å²) in [6, 6.07) is 28.2. The van der Waals surface area contributed by atoms with Gasteiger partial charge in [0.1, 0.15) is 11.4 Å². The monoisotopic (exact) mass is 586 g/mol. The van der Waals surface area contributed by atoms with Gasteiger partial charge >= 0.3 is 0 Å². The first kappa shape index (κ1) is 27.2. The summed E-state index contributed by atoms with van der Waals surface area (Å²) in [7, 11) is 1.57. The second-order valence-corrected chi connectivity index (χ2v) is 11.1. The van der Waals surface area contributed by atoms with E-state index in [1.807, 2.05) is 48.5 Å². The second-order valence-electron chi connectivity index (χ2n) is 11.1. The number of benzene rings is 4. The smallest absolute Gasteiger partial charge is 0.293 e. The summed E-state index contributed by atoms with van der Waals surface area (Å²) < 4.78 is 5.18. The number of carbonyl (C=O) groups is 3. The van der Waals surface area contributed by atoms with E-state index < -0.39 is 39.9 Å². The van der Waals surface area contributed by atoms with E-state index in [1.165, 1.54) is 18.2 Å². The van der Waals surface area contributed by atoms with Crippen molar-refractivity contribution >= 4 is 35.3 Å². The normalized spacial score (nSPS) is 22.8. The fraction of sp³-hybridized carbons (Fsp3) is 0.176. The summed E-state index contributed by atoms with van der Waals surface area (Å²) in [5, 5.41) is 16.3. The predicted molar refractivity (Wildman–Crippen MR) is 161 cm³/mol. The molecule has 44 heavy (non-hydrogen) atoms. The van der Waals surface area contributed by atoms with Gasteiger partial charge in [-0.1, -0.05) is 72.8 Å². The summed E-state index contributed by atoms with van der Waals surface area (Å²) in [6.45, 7) is 0. The van der Waals surface area contributed by atoms with E-state index in [0.717, 1.165) is 32.7 Å². The number of hydrogen-bond acceptors (Lipinski definition) is 7. The molecule has 0 saturated carbocycles. The lowest BCUT2D eigenvalue weighted by Gasteiger charge is -2.52. The highest BCUT2D eigenvalue weighted by atomic mass is 16.6. The first-order chi connectivity index (χ1) is 21.4. The molecule has 10 heteroatoms. The second kappa shape index (κ2) is 10.3. The number of anilines is 1. The van der Waals surface area contributed by atoms with Crippen molar-refractivity contribution in [1.29, 1.82) is 0 Å². The number of carbonyl (C=O) groups excluding carboxylic acids is 3. The highest BCUT2D eigenvalue weighted by Gasteiger charge is 2.68. The molecule has 1 heterocycles. The molecule has 4 aliphatic rings. The minimum absolute atomic E-state index is 0.0608. The number of nitrogens with zero attached hydrogens (tertiary/aromatic N) is 3. The van der Waals surface area contributed by atoms with Gasteiger partial charge in [0.05, 0.1) is 35.7 Å². The Morgan fingerprint density at radius 1 is 0.932 bits per heavy atom. The van der Waals surface area contributed by atoms with Crippen LogP contribution in [0.25, 0.3) is 0 Å². The summed E-state index contributed by atoms with van der Waals surface area (Å²) in [5.74, 6) is -2.92. The average Bonchev–Trinajstić information content (AvgIpc) is 3.31. The molecule has 3 aliphatic carbocycles. The highest BCUT2D eigenvalue weighted by Crippen LogP contribution is 2.63. The molecule has 1 aliphatic heterocycles. The lowest BCUT2D eigenvalue weighted by atomic mass is 9.47. The minimum atomic E-state index is -1.22. The van der Waals surface area contributed by atoms with Crippen LogP contribution < -0.4 is 15.1 Å². The zero-order chi connectivity index (χ0) is 30.6. The first-order valence-electron chi connectivity index (χ1n) is 14.1. The van der Waals surface area contributed by atoms with Gasteiger partial charge in [-0.25, -0.2) is 10.3 Å². The van der Waals surface area contributed by atoms with Crippen molar-refractivity contribution < 1.29 is 24.0 Å². The largest absolute Gasteiger partial charge is 0.497 e. The lowest BCUT2D eigenvalue weighted by Crippen LogP contribution is -2.54. The van der Waals surface area contributed by atoms with Crippen molar-refractivity contribution in [2.24, 2.45) is 16.9 Å². The molecule has 3 amide bonds. The van der Waals surface area contributed by atoms with Crippen molar-refractivity contribution in [2.75, 3.05) is 12.0 Å². The SMILES string of the molecule is COc1ccc(CC(=O)N/N=C\C23c4ccccc4C(c4ccccc42)[C@@H]2C(=O)N(c4ccccc4[N+](=O)[O-])C(=O)[C@@H]23)cc1. The van der Waals surface area contributed by atoms with Gasteiger partial charge in [-0.15, -0.1) is 0 Å². The molecule has 1 fully saturated rings. The number of rotatable bonds is 7. The number of para-hydroxylation sites is 2. The number of nitro groups is 1. The molecule has 0 radical (unpaired) electrons. The average molecular weight is 587 g/mol. The molecule has 0 spiro atoms. The standard InChI is InChI=1S/C34H26N4O6/c1-44-21-16-14-20(15-17-21)18-28(39)36-35-19-34-24-10-4-2-8-22(24)29(23-9-3-5-11-25(23)34)30-31(34)33(41)37(32(30)40)26-12-6-7-13-27(26)38(42)43/h2-17,19,29-31H,18H2,1H3,(H,36,39)/b35-19-/t29?,30-,31+,34?/m0/s1. The Balaban J connectivity index is 1.34. The first-order valence-corrected chi connectivity index (χ1v) is 14.1. The van der Waals surface area contributed by atoms with Gasteiger partial charge in [-0.3, -0.25) is 24.5 Å². The summed E-state index contributed by atoms with van der Waals surface area (Å²) >= 11 is 0. The van der Waals surface area contributed by atoms with E-state index >= 15 is 0 Å². The van der Waals surface area contributed by atoms with Crippen LogP contribution >= 0.6 is 0 Å². The van der Waals surface area contributed by atoms with E-state index in [-0.39, 0.29) is 23.7 Å². The third-order valence-electron chi connectivity index (χ3n) is 8.98. The Kier molecular flexibility index (Phi) is 6.35. The number of nitro benzene ring substituents is 1. The van der Waals surface area contributed by atoms with E-state index in [2.05, 4.69) is 10.5 Å². The van der Waals surface area contributed by atoms with Crippen LogP contribution in [0.3, 0.4) is 0 Å². The molecule has 0 aromatic heterocycles. The van der Waals surface area contributed by atoms with Crippen molar-refractivity contribution in [3.63, 3.8) is 0 Å². The third-order valence-corrected chi connectivity index (χ3v) is 8.98. The predicted octanol–water partition coefficient (Wildman–Crippen LogP) is 4.50. The van der Waals surface area contributed by atoms with Crippen LogP contribution in [-0.2, 0) is 26.2 Å². The molecule has 1 N–H and O–H groups in total. The number of hydrazone groups is 1. The highest BCUT2D eigenvalue weighted by molar-refractivity contribution is 6.25. The molecule has 4 aromatic carbocycles. The van der Waals surface area contributed by atoms with Crippen LogP contribution in [0.1, 0.15) is 33.7 Å². The number of amides is 3. The fourth-order valence-corrected chi connectivity index (χ4v) is 7.27. The van der Waals surface area contributed by atoms with E-state index in [1.54, 1.807) is 43.7 Å². The van der Waals surface area contributed by atoms with E-state index in [0.29, 0.717) is 5.75 Å². The molecule has 2 bridgehead atoms. The van der Waals surface area contributed by atoms with Gasteiger partial charge in [0.25, 0.3) is 5.69 Å². The number of ether oxygens (including phenoxy) is 1. The summed E-state index contributed by atoms with van der Waals surface area (Å²) in [5.41, 5.74) is 5.16. The van der Waals surface area contributed by atoms with Crippen LogP contribution in [0.2, 0.25) is 0 Å². The van der Waals surface area contributed by atoms with Gasteiger partial charge < -0.3 is 4.74 Å². The number of hydrogen-bond donors (Lipinski definition) is 1. The Morgan fingerprint density at radius 3 is 2.18 bits per heavy atom. The Bertz CT molecular complexity index is 1840. The molecule has 2 atom stereocenters. The molecule has 1 saturated heterocycles. The van der Waals surface area contributed by atoms with Gasteiger partial charge in [0.15, 0.2) is 0 Å². The van der Waals surface area contributed by atoms with Gasteiger partial charge in [-0.2, -0.15) is 5.10 Å². The molecule has 218 valence electrons. The summed E-state index contributed by atoms with van der Waals surface area (Å²) in [6.07, 6.45) is 1.64. The van der Waals surface area contributed by atoms with Crippen LogP contribution in [0.5, 0.6) is 5.75 Å². The number of nitrogens with one attached hydrogen (secondary N) is 1.